The van der Waals surface area contributed by atoms with Crippen LogP contribution < -0.4 is 15.6 Å². The van der Waals surface area contributed by atoms with Gasteiger partial charge in [-0.1, -0.05) is 56.3 Å². The van der Waals surface area contributed by atoms with Crippen LogP contribution in [0.1, 0.15) is 48.8 Å². The summed E-state index contributed by atoms with van der Waals surface area (Å²) in [6.45, 7) is 10.7. The maximum atomic E-state index is 14.3. The molecule has 9 heteroatoms. The van der Waals surface area contributed by atoms with E-state index in [4.69, 9.17) is 21.3 Å². The van der Waals surface area contributed by atoms with Crippen LogP contribution in [0, 0.1) is 25.2 Å². The Morgan fingerprint density at radius 1 is 1.20 bits per heavy atom. The van der Waals surface area contributed by atoms with Crippen molar-refractivity contribution in [3.8, 4) is 11.4 Å². The van der Waals surface area contributed by atoms with Crippen LogP contribution in [0.5, 0.6) is 5.75 Å². The second-order valence-electron chi connectivity index (χ2n) is 11.5. The molecule has 0 fully saturated rings. The zero-order chi connectivity index (χ0) is 28.8. The highest BCUT2D eigenvalue weighted by molar-refractivity contribution is 7.99. The van der Waals surface area contributed by atoms with E-state index in [2.05, 4.69) is 26.1 Å². The van der Waals surface area contributed by atoms with Gasteiger partial charge in [-0.3, -0.25) is 14.2 Å². The molecule has 0 unspecified atom stereocenters. The molecule has 1 aliphatic carbocycles. The molecular weight excluding hydrogens is 562 g/mol. The molecule has 40 heavy (non-hydrogen) atoms. The molecule has 1 aliphatic rings. The number of ether oxygens (including phenoxy) is 1. The SMILES string of the molecule is COc1ccc(C)c(-n2c(SCC(=O)Nc3ccc(C)c(Cl)c3)nc3sc4c(c3c2=O)CC[C@H](C(C)(C)C)C4)c1. The van der Waals surface area contributed by atoms with Crippen LogP contribution in [0.3, 0.4) is 0 Å². The van der Waals surface area contributed by atoms with Crippen LogP contribution >= 0.6 is 34.7 Å². The number of nitrogens with one attached hydrogen (secondary N) is 1. The molecule has 2 heterocycles. The molecule has 1 atom stereocenters. The molecule has 1 amide bonds. The first-order valence-electron chi connectivity index (χ1n) is 13.4. The highest BCUT2D eigenvalue weighted by Gasteiger charge is 2.32. The van der Waals surface area contributed by atoms with Crippen molar-refractivity contribution in [3.05, 3.63) is 73.3 Å². The summed E-state index contributed by atoms with van der Waals surface area (Å²) >= 11 is 9.11. The van der Waals surface area contributed by atoms with Crippen molar-refractivity contribution in [1.82, 2.24) is 9.55 Å². The van der Waals surface area contributed by atoms with Crippen molar-refractivity contribution in [2.45, 2.75) is 59.0 Å². The summed E-state index contributed by atoms with van der Waals surface area (Å²) in [5.41, 5.74) is 4.44. The number of aryl methyl sites for hydroxylation is 3. The molecular formula is C31H34ClN3O3S2. The minimum Gasteiger partial charge on any atom is -0.497 e. The molecule has 0 saturated heterocycles. The van der Waals surface area contributed by atoms with E-state index in [0.29, 0.717) is 38.6 Å². The Labute approximate surface area is 248 Å². The van der Waals surface area contributed by atoms with E-state index in [0.717, 1.165) is 40.8 Å². The average molecular weight is 596 g/mol. The Hall–Kier alpha value is -2.81. The number of thiophene rings is 1. The van der Waals surface area contributed by atoms with E-state index in [1.165, 1.54) is 16.6 Å². The van der Waals surface area contributed by atoms with E-state index in [9.17, 15) is 9.59 Å². The molecule has 2 aromatic heterocycles. The number of halogens is 1. The van der Waals surface area contributed by atoms with E-state index < -0.39 is 0 Å². The first-order chi connectivity index (χ1) is 19.0. The third-order valence-electron chi connectivity index (χ3n) is 7.72. The van der Waals surface area contributed by atoms with Crippen LogP contribution in [0.25, 0.3) is 15.9 Å². The first kappa shape index (κ1) is 28.7. The van der Waals surface area contributed by atoms with E-state index in [-0.39, 0.29) is 22.6 Å². The predicted octanol–water partition coefficient (Wildman–Crippen LogP) is 7.61. The molecule has 1 N–H and O–H groups in total. The van der Waals surface area contributed by atoms with Crippen molar-refractivity contribution < 1.29 is 9.53 Å². The van der Waals surface area contributed by atoms with Crippen molar-refractivity contribution >= 4 is 56.5 Å². The maximum Gasteiger partial charge on any atom is 0.267 e. The summed E-state index contributed by atoms with van der Waals surface area (Å²) in [5, 5.41) is 4.69. The lowest BCUT2D eigenvalue weighted by Crippen LogP contribution is -2.27. The van der Waals surface area contributed by atoms with Gasteiger partial charge in [0.15, 0.2) is 5.16 Å². The minimum atomic E-state index is -0.202. The summed E-state index contributed by atoms with van der Waals surface area (Å²) in [7, 11) is 1.61. The van der Waals surface area contributed by atoms with Crippen LogP contribution in [-0.2, 0) is 17.6 Å². The van der Waals surface area contributed by atoms with Crippen LogP contribution in [0.2, 0.25) is 5.02 Å². The molecule has 5 rings (SSSR count). The molecule has 6 nitrogen and oxygen atoms in total. The third kappa shape index (κ3) is 5.67. The van der Waals surface area contributed by atoms with E-state index in [1.807, 2.05) is 44.2 Å². The van der Waals surface area contributed by atoms with Gasteiger partial charge in [0.1, 0.15) is 10.6 Å². The number of hydrogen-bond donors (Lipinski definition) is 1. The van der Waals surface area contributed by atoms with Gasteiger partial charge in [-0.05, 0) is 79.3 Å². The fourth-order valence-electron chi connectivity index (χ4n) is 5.21. The largest absolute Gasteiger partial charge is 0.497 e. The number of fused-ring (bicyclic) bond motifs is 3. The highest BCUT2D eigenvalue weighted by Crippen LogP contribution is 2.42. The number of hydrogen-bond acceptors (Lipinski definition) is 6. The van der Waals surface area contributed by atoms with Crippen LogP contribution in [-0.4, -0.2) is 28.3 Å². The number of amides is 1. The topological polar surface area (TPSA) is 73.2 Å². The Bertz CT molecular complexity index is 1670. The van der Waals surface area contributed by atoms with Gasteiger partial charge >= 0.3 is 0 Å². The van der Waals surface area contributed by atoms with Gasteiger partial charge in [-0.25, -0.2) is 4.98 Å². The molecule has 4 aromatic rings. The number of thioether (sulfide) groups is 1. The number of methoxy groups -OCH3 is 1. The monoisotopic (exact) mass is 595 g/mol. The van der Waals surface area contributed by atoms with Gasteiger partial charge in [-0.2, -0.15) is 0 Å². The van der Waals surface area contributed by atoms with Crippen molar-refractivity contribution in [1.29, 1.82) is 0 Å². The molecule has 0 saturated carbocycles. The summed E-state index contributed by atoms with van der Waals surface area (Å²) in [6, 6.07) is 11.1. The van der Waals surface area contributed by atoms with Crippen molar-refractivity contribution in [2.75, 3.05) is 18.2 Å². The van der Waals surface area contributed by atoms with Gasteiger partial charge in [0.05, 0.1) is 23.9 Å². The molecule has 0 aliphatic heterocycles. The molecule has 2 aromatic carbocycles. The Morgan fingerprint density at radius 2 is 1.95 bits per heavy atom. The number of carbonyl (C=O) groups excluding carboxylic acids is 1. The van der Waals surface area contributed by atoms with E-state index in [1.54, 1.807) is 29.1 Å². The third-order valence-corrected chi connectivity index (χ3v) is 10.2. The fourth-order valence-corrected chi connectivity index (χ4v) is 7.54. The van der Waals surface area contributed by atoms with Gasteiger partial charge in [0, 0.05) is 21.7 Å². The number of carbonyl (C=O) groups is 1. The highest BCUT2D eigenvalue weighted by atomic mass is 35.5. The Balaban J connectivity index is 1.56. The standard InChI is InChI=1S/C31H34ClN3O3S2/c1-17-7-10-20(14-23(17)32)33-26(36)16-39-30-34-28-27(22-12-9-19(31(3,4)5)13-25(22)40-28)29(37)35(30)24-15-21(38-6)11-8-18(24)2/h7-8,10-11,14-15,19H,9,12-13,16H2,1-6H3,(H,33,36)/t19-/m0/s1. The fraction of sp³-hybridized carbons (Fsp3) is 0.387. The number of aromatic nitrogens is 2. The summed E-state index contributed by atoms with van der Waals surface area (Å²) in [6.07, 6.45) is 2.89. The number of rotatable bonds is 6. The second-order valence-corrected chi connectivity index (χ2v) is 13.9. The summed E-state index contributed by atoms with van der Waals surface area (Å²) in [4.78, 5) is 34.2. The summed E-state index contributed by atoms with van der Waals surface area (Å²) < 4.78 is 7.14. The smallest absolute Gasteiger partial charge is 0.267 e. The van der Waals surface area contributed by atoms with Crippen molar-refractivity contribution in [2.24, 2.45) is 11.3 Å². The first-order valence-corrected chi connectivity index (χ1v) is 15.6. The lowest BCUT2D eigenvalue weighted by Gasteiger charge is -2.33. The van der Waals surface area contributed by atoms with Crippen molar-refractivity contribution in [3.63, 3.8) is 0 Å². The lowest BCUT2D eigenvalue weighted by atomic mass is 9.72. The quantitative estimate of drug-likeness (QED) is 0.183. The maximum absolute atomic E-state index is 14.3. The second kappa shape index (κ2) is 11.2. The number of benzene rings is 2. The zero-order valence-electron chi connectivity index (χ0n) is 23.7. The lowest BCUT2D eigenvalue weighted by molar-refractivity contribution is -0.113. The van der Waals surface area contributed by atoms with Gasteiger partial charge in [0.2, 0.25) is 5.91 Å². The number of anilines is 1. The number of nitrogens with zero attached hydrogens (tertiary/aromatic N) is 2. The normalized spacial score (nSPS) is 15.2. The Kier molecular flexibility index (Phi) is 8.06. The molecule has 0 bridgehead atoms. The summed E-state index contributed by atoms with van der Waals surface area (Å²) in [5.74, 6) is 1.09. The average Bonchev–Trinajstić information content (AvgIpc) is 3.28. The zero-order valence-corrected chi connectivity index (χ0v) is 26.1. The molecule has 0 radical (unpaired) electrons. The Morgan fingerprint density at radius 3 is 2.65 bits per heavy atom. The molecule has 0 spiro atoms. The molecule has 210 valence electrons. The van der Waals surface area contributed by atoms with Crippen LogP contribution in [0.4, 0.5) is 5.69 Å². The van der Waals surface area contributed by atoms with E-state index >= 15 is 0 Å². The van der Waals surface area contributed by atoms with Gasteiger partial charge < -0.3 is 10.1 Å². The predicted molar refractivity (Wildman–Crippen MR) is 167 cm³/mol. The van der Waals surface area contributed by atoms with Gasteiger partial charge in [-0.15, -0.1) is 11.3 Å². The van der Waals surface area contributed by atoms with Crippen LogP contribution in [0.15, 0.2) is 46.3 Å². The minimum absolute atomic E-state index is 0.0870. The van der Waals surface area contributed by atoms with Gasteiger partial charge in [0.25, 0.3) is 5.56 Å².